The van der Waals surface area contributed by atoms with E-state index < -0.39 is 6.10 Å². The number of rotatable bonds is 5. The molecule has 13 heavy (non-hydrogen) atoms. The summed E-state index contributed by atoms with van der Waals surface area (Å²) in [6, 6.07) is 0.351. The van der Waals surface area contributed by atoms with Crippen LogP contribution in [0.5, 0.6) is 0 Å². The van der Waals surface area contributed by atoms with Gasteiger partial charge in [-0.1, -0.05) is 0 Å². The van der Waals surface area contributed by atoms with E-state index in [4.69, 9.17) is 14.9 Å². The number of hydrogen-bond donors (Lipinski definition) is 3. The lowest BCUT2D eigenvalue weighted by Gasteiger charge is -2.20. The summed E-state index contributed by atoms with van der Waals surface area (Å²) in [6.45, 7) is 4.02. The van der Waals surface area contributed by atoms with Crippen molar-refractivity contribution >= 4 is 0 Å². The van der Waals surface area contributed by atoms with Crippen LogP contribution in [0, 0.1) is 5.92 Å². The van der Waals surface area contributed by atoms with E-state index in [1.807, 2.05) is 0 Å². The average molecular weight is 189 g/mol. The van der Waals surface area contributed by atoms with Crippen LogP contribution in [-0.4, -0.2) is 48.7 Å². The summed E-state index contributed by atoms with van der Waals surface area (Å²) in [5.41, 5.74) is 0. The van der Waals surface area contributed by atoms with Crippen molar-refractivity contribution in [2.24, 2.45) is 5.92 Å². The predicted octanol–water partition coefficient (Wildman–Crippen LogP) is -0.646. The molecule has 1 aliphatic rings. The summed E-state index contributed by atoms with van der Waals surface area (Å²) in [7, 11) is 0. The summed E-state index contributed by atoms with van der Waals surface area (Å²) >= 11 is 0. The molecular weight excluding hydrogens is 170 g/mol. The lowest BCUT2D eigenvalue weighted by atomic mass is 10.0. The van der Waals surface area contributed by atoms with E-state index >= 15 is 0 Å². The van der Waals surface area contributed by atoms with Gasteiger partial charge < -0.3 is 20.3 Å². The SMILES string of the molecule is CC(NC[C@H](O)CO)C1CCOC1. The normalized spacial score (nSPS) is 27.5. The number of nitrogens with one attached hydrogen (secondary N) is 1. The standard InChI is InChI=1S/C9H19NO3/c1-7(8-2-3-13-6-8)10-4-9(12)5-11/h7-12H,2-6H2,1H3/t7?,8?,9-/m0/s1. The van der Waals surface area contributed by atoms with Gasteiger partial charge in [0.2, 0.25) is 0 Å². The second-order valence-electron chi connectivity index (χ2n) is 3.66. The molecule has 0 aromatic carbocycles. The van der Waals surface area contributed by atoms with Crippen LogP contribution in [-0.2, 0) is 4.74 Å². The van der Waals surface area contributed by atoms with E-state index in [0.717, 1.165) is 19.6 Å². The predicted molar refractivity (Wildman–Crippen MR) is 49.5 cm³/mol. The summed E-state index contributed by atoms with van der Waals surface area (Å²) in [5.74, 6) is 0.547. The molecule has 0 bridgehead atoms. The maximum Gasteiger partial charge on any atom is 0.0895 e. The lowest BCUT2D eigenvalue weighted by Crippen LogP contribution is -2.39. The molecule has 0 aromatic rings. The molecule has 4 heteroatoms. The monoisotopic (exact) mass is 189 g/mol. The molecule has 1 fully saturated rings. The van der Waals surface area contributed by atoms with Crippen LogP contribution in [0.4, 0.5) is 0 Å². The van der Waals surface area contributed by atoms with Crippen molar-refractivity contribution in [3.05, 3.63) is 0 Å². The van der Waals surface area contributed by atoms with Crippen molar-refractivity contribution in [1.29, 1.82) is 0 Å². The molecule has 1 rings (SSSR count). The van der Waals surface area contributed by atoms with Gasteiger partial charge in [0.15, 0.2) is 0 Å². The van der Waals surface area contributed by atoms with Gasteiger partial charge in [-0.15, -0.1) is 0 Å². The second-order valence-corrected chi connectivity index (χ2v) is 3.66. The first-order chi connectivity index (χ1) is 6.24. The molecule has 1 heterocycles. The Kier molecular flexibility index (Phi) is 4.66. The fourth-order valence-electron chi connectivity index (χ4n) is 1.50. The third-order valence-electron chi connectivity index (χ3n) is 2.56. The van der Waals surface area contributed by atoms with Crippen molar-refractivity contribution in [2.75, 3.05) is 26.4 Å². The smallest absolute Gasteiger partial charge is 0.0895 e. The molecule has 0 spiro atoms. The number of aliphatic hydroxyl groups is 2. The molecular formula is C9H19NO3. The van der Waals surface area contributed by atoms with Crippen LogP contribution in [0.2, 0.25) is 0 Å². The Balaban J connectivity index is 2.12. The molecule has 0 aliphatic carbocycles. The van der Waals surface area contributed by atoms with Crippen LogP contribution in [0.1, 0.15) is 13.3 Å². The highest BCUT2D eigenvalue weighted by molar-refractivity contribution is 4.76. The maximum absolute atomic E-state index is 9.11. The molecule has 0 radical (unpaired) electrons. The largest absolute Gasteiger partial charge is 0.394 e. The van der Waals surface area contributed by atoms with Gasteiger partial charge >= 0.3 is 0 Å². The van der Waals surface area contributed by atoms with Gasteiger partial charge in [0.25, 0.3) is 0 Å². The maximum atomic E-state index is 9.11. The van der Waals surface area contributed by atoms with Gasteiger partial charge in [-0.05, 0) is 19.3 Å². The van der Waals surface area contributed by atoms with Crippen LogP contribution in [0.15, 0.2) is 0 Å². The zero-order chi connectivity index (χ0) is 9.68. The minimum atomic E-state index is -0.648. The average Bonchev–Trinajstić information content (AvgIpc) is 2.66. The first-order valence-electron chi connectivity index (χ1n) is 4.84. The highest BCUT2D eigenvalue weighted by atomic mass is 16.5. The first-order valence-corrected chi connectivity index (χ1v) is 4.84. The minimum Gasteiger partial charge on any atom is -0.394 e. The van der Waals surface area contributed by atoms with E-state index in [1.165, 1.54) is 0 Å². The topological polar surface area (TPSA) is 61.7 Å². The molecule has 4 nitrogen and oxygen atoms in total. The van der Waals surface area contributed by atoms with E-state index in [9.17, 15) is 0 Å². The van der Waals surface area contributed by atoms with Gasteiger partial charge in [0.1, 0.15) is 0 Å². The van der Waals surface area contributed by atoms with Crippen molar-refractivity contribution in [1.82, 2.24) is 5.32 Å². The Morgan fingerprint density at radius 3 is 2.92 bits per heavy atom. The first kappa shape index (κ1) is 10.9. The fraction of sp³-hybridized carbons (Fsp3) is 1.00. The minimum absolute atomic E-state index is 0.180. The van der Waals surface area contributed by atoms with E-state index in [0.29, 0.717) is 18.5 Å². The van der Waals surface area contributed by atoms with Gasteiger partial charge in [-0.2, -0.15) is 0 Å². The van der Waals surface area contributed by atoms with Crippen molar-refractivity contribution in [3.63, 3.8) is 0 Å². The molecule has 1 aliphatic heterocycles. The van der Waals surface area contributed by atoms with Crippen molar-refractivity contribution < 1.29 is 14.9 Å². The highest BCUT2D eigenvalue weighted by Gasteiger charge is 2.22. The second kappa shape index (κ2) is 5.54. The van der Waals surface area contributed by atoms with Crippen LogP contribution >= 0.6 is 0 Å². The highest BCUT2D eigenvalue weighted by Crippen LogP contribution is 2.15. The number of ether oxygens (including phenoxy) is 1. The summed E-state index contributed by atoms with van der Waals surface area (Å²) < 4.78 is 5.26. The molecule has 2 unspecified atom stereocenters. The van der Waals surface area contributed by atoms with Crippen LogP contribution in [0.25, 0.3) is 0 Å². The molecule has 0 amide bonds. The molecule has 1 saturated heterocycles. The lowest BCUT2D eigenvalue weighted by molar-refractivity contribution is 0.0894. The van der Waals surface area contributed by atoms with E-state index in [-0.39, 0.29) is 6.61 Å². The van der Waals surface area contributed by atoms with Crippen molar-refractivity contribution in [3.8, 4) is 0 Å². The Morgan fingerprint density at radius 1 is 1.62 bits per heavy atom. The Hall–Kier alpha value is -0.160. The molecule has 78 valence electrons. The van der Waals surface area contributed by atoms with E-state index in [2.05, 4.69) is 12.2 Å². The molecule has 3 atom stereocenters. The van der Waals surface area contributed by atoms with Crippen molar-refractivity contribution in [2.45, 2.75) is 25.5 Å². The zero-order valence-electron chi connectivity index (χ0n) is 8.07. The van der Waals surface area contributed by atoms with E-state index in [1.54, 1.807) is 0 Å². The van der Waals surface area contributed by atoms with Gasteiger partial charge in [-0.3, -0.25) is 0 Å². The molecule has 0 saturated carbocycles. The van der Waals surface area contributed by atoms with Crippen LogP contribution < -0.4 is 5.32 Å². The molecule has 0 aromatic heterocycles. The Bertz CT molecular complexity index is 137. The van der Waals surface area contributed by atoms with Gasteiger partial charge in [-0.25, -0.2) is 0 Å². The number of hydrogen-bond acceptors (Lipinski definition) is 4. The van der Waals surface area contributed by atoms with Gasteiger partial charge in [0.05, 0.1) is 19.3 Å². The molecule has 3 N–H and O–H groups in total. The summed E-state index contributed by atoms with van der Waals surface area (Å²) in [4.78, 5) is 0. The van der Waals surface area contributed by atoms with Gasteiger partial charge in [0, 0.05) is 19.2 Å². The third-order valence-corrected chi connectivity index (χ3v) is 2.56. The summed E-state index contributed by atoms with van der Waals surface area (Å²) in [6.07, 6.45) is 0.438. The Morgan fingerprint density at radius 2 is 2.38 bits per heavy atom. The zero-order valence-corrected chi connectivity index (χ0v) is 8.07. The van der Waals surface area contributed by atoms with Crippen LogP contribution in [0.3, 0.4) is 0 Å². The third kappa shape index (κ3) is 3.60. The fourth-order valence-corrected chi connectivity index (χ4v) is 1.50. The number of aliphatic hydroxyl groups excluding tert-OH is 2. The Labute approximate surface area is 78.9 Å². The quantitative estimate of drug-likeness (QED) is 0.538. The summed E-state index contributed by atoms with van der Waals surface area (Å²) in [5, 5.41) is 20.9.